The van der Waals surface area contributed by atoms with E-state index in [1.807, 2.05) is 0 Å². The third kappa shape index (κ3) is 6.40. The van der Waals surface area contributed by atoms with Crippen molar-refractivity contribution in [2.24, 2.45) is 11.8 Å². The highest BCUT2D eigenvalue weighted by Crippen LogP contribution is 2.43. The van der Waals surface area contributed by atoms with Gasteiger partial charge in [0.15, 0.2) is 0 Å². The molecule has 0 radical (unpaired) electrons. The van der Waals surface area contributed by atoms with E-state index in [-0.39, 0.29) is 5.75 Å². The van der Waals surface area contributed by atoms with E-state index in [1.165, 1.54) is 63.5 Å². The highest BCUT2D eigenvalue weighted by Gasteiger charge is 2.32. The van der Waals surface area contributed by atoms with E-state index >= 15 is 0 Å². The molecule has 2 nitrogen and oxygen atoms in total. The quantitative estimate of drug-likeness (QED) is 0.510. The summed E-state index contributed by atoms with van der Waals surface area (Å²) < 4.78 is 40.9. The molecule has 2 aliphatic carbocycles. The summed E-state index contributed by atoms with van der Waals surface area (Å²) in [4.78, 5) is 0. The van der Waals surface area contributed by atoms with E-state index < -0.39 is 6.36 Å². The van der Waals surface area contributed by atoms with Crippen molar-refractivity contribution in [1.29, 1.82) is 0 Å². The molecule has 2 fully saturated rings. The number of hydrogen-bond acceptors (Lipinski definition) is 2. The van der Waals surface area contributed by atoms with Crippen molar-refractivity contribution in [3.05, 3.63) is 29.8 Å². The van der Waals surface area contributed by atoms with Gasteiger partial charge >= 0.3 is 6.36 Å². The van der Waals surface area contributed by atoms with E-state index in [4.69, 9.17) is 0 Å². The zero-order chi connectivity index (χ0) is 20.0. The lowest BCUT2D eigenvalue weighted by Crippen LogP contribution is -2.35. The Balaban J connectivity index is 1.41. The van der Waals surface area contributed by atoms with Crippen molar-refractivity contribution in [3.63, 3.8) is 0 Å². The monoisotopic (exact) mass is 397 g/mol. The standard InChI is InChI=1S/C23H34F3NO/c1-2-3-16-27-21-12-8-19(9-13-21)17-4-6-18(7-5-17)20-10-14-22(15-11-20)28-23(24,25)26/h10-11,14-15,17-19,21,27H,2-9,12-13,16H2,1H3. The van der Waals surface area contributed by atoms with Gasteiger partial charge in [0, 0.05) is 6.04 Å². The zero-order valence-corrected chi connectivity index (χ0v) is 16.9. The molecule has 2 aliphatic rings. The van der Waals surface area contributed by atoms with Gasteiger partial charge in [-0.1, -0.05) is 25.5 Å². The molecule has 0 atom stereocenters. The summed E-state index contributed by atoms with van der Waals surface area (Å²) in [7, 11) is 0. The Kier molecular flexibility index (Phi) is 7.67. The van der Waals surface area contributed by atoms with Crippen molar-refractivity contribution < 1.29 is 17.9 Å². The fraction of sp³-hybridized carbons (Fsp3) is 0.739. The van der Waals surface area contributed by atoms with Crippen LogP contribution in [0.2, 0.25) is 0 Å². The van der Waals surface area contributed by atoms with Gasteiger partial charge in [0.25, 0.3) is 0 Å². The highest BCUT2D eigenvalue weighted by molar-refractivity contribution is 5.29. The average Bonchev–Trinajstić information content (AvgIpc) is 2.68. The van der Waals surface area contributed by atoms with Crippen LogP contribution in [0.4, 0.5) is 13.2 Å². The lowest BCUT2D eigenvalue weighted by atomic mass is 9.69. The molecule has 0 unspecified atom stereocenters. The molecular weight excluding hydrogens is 363 g/mol. The summed E-state index contributed by atoms with van der Waals surface area (Å²) in [6, 6.07) is 7.22. The van der Waals surface area contributed by atoms with Crippen molar-refractivity contribution in [2.45, 2.75) is 89.5 Å². The first-order valence-electron chi connectivity index (χ1n) is 11.0. The number of ether oxygens (including phenoxy) is 1. The average molecular weight is 398 g/mol. The number of unbranched alkanes of at least 4 members (excludes halogenated alkanes) is 1. The largest absolute Gasteiger partial charge is 0.573 e. The minimum Gasteiger partial charge on any atom is -0.406 e. The summed E-state index contributed by atoms with van der Waals surface area (Å²) in [5.74, 6) is 2.05. The second-order valence-corrected chi connectivity index (χ2v) is 8.65. The molecule has 0 aliphatic heterocycles. The van der Waals surface area contributed by atoms with E-state index in [0.717, 1.165) is 42.8 Å². The van der Waals surface area contributed by atoms with Crippen LogP contribution in [0.15, 0.2) is 24.3 Å². The lowest BCUT2D eigenvalue weighted by molar-refractivity contribution is -0.274. The van der Waals surface area contributed by atoms with Crippen LogP contribution in [-0.2, 0) is 0 Å². The van der Waals surface area contributed by atoms with Gasteiger partial charge in [-0.2, -0.15) is 0 Å². The van der Waals surface area contributed by atoms with Gasteiger partial charge in [-0.25, -0.2) is 0 Å². The Labute approximate surface area is 167 Å². The van der Waals surface area contributed by atoms with E-state index in [0.29, 0.717) is 5.92 Å². The SMILES string of the molecule is CCCCNC1CCC(C2CCC(c3ccc(OC(F)(F)F)cc3)CC2)CC1. The molecule has 5 heteroatoms. The maximum Gasteiger partial charge on any atom is 0.573 e. The minimum absolute atomic E-state index is 0.130. The van der Waals surface area contributed by atoms with Crippen LogP contribution in [0.1, 0.15) is 82.6 Å². The van der Waals surface area contributed by atoms with Crippen LogP contribution in [0.5, 0.6) is 5.75 Å². The van der Waals surface area contributed by atoms with Gasteiger partial charge in [0.1, 0.15) is 5.75 Å². The number of halogens is 3. The fourth-order valence-electron chi connectivity index (χ4n) is 5.14. The molecular formula is C23H34F3NO. The molecule has 0 bridgehead atoms. The van der Waals surface area contributed by atoms with Crippen LogP contribution >= 0.6 is 0 Å². The predicted octanol–water partition coefficient (Wildman–Crippen LogP) is 6.81. The Hall–Kier alpha value is -1.23. The normalized spacial score (nSPS) is 28.9. The fourth-order valence-corrected chi connectivity index (χ4v) is 5.14. The molecule has 2 saturated carbocycles. The van der Waals surface area contributed by atoms with Gasteiger partial charge < -0.3 is 10.1 Å². The molecule has 1 aromatic rings. The maximum absolute atomic E-state index is 12.3. The molecule has 1 N–H and O–H groups in total. The van der Waals surface area contributed by atoms with Gasteiger partial charge in [-0.15, -0.1) is 13.2 Å². The van der Waals surface area contributed by atoms with Crippen LogP contribution in [0, 0.1) is 11.8 Å². The van der Waals surface area contributed by atoms with Crippen LogP contribution in [0.3, 0.4) is 0 Å². The summed E-state index contributed by atoms with van der Waals surface area (Å²) in [5, 5.41) is 3.71. The van der Waals surface area contributed by atoms with Gasteiger partial charge in [-0.05, 0) is 99.8 Å². The van der Waals surface area contributed by atoms with Crippen molar-refractivity contribution in [1.82, 2.24) is 5.32 Å². The van der Waals surface area contributed by atoms with Crippen LogP contribution in [-0.4, -0.2) is 18.9 Å². The predicted molar refractivity (Wildman–Crippen MR) is 106 cm³/mol. The van der Waals surface area contributed by atoms with Crippen LogP contribution < -0.4 is 10.1 Å². The first kappa shape index (κ1) is 21.5. The summed E-state index contributed by atoms with van der Waals surface area (Å²) in [6.07, 6.45) is 8.04. The Morgan fingerprint density at radius 3 is 2.00 bits per heavy atom. The second kappa shape index (κ2) is 10.00. The lowest BCUT2D eigenvalue weighted by Gasteiger charge is -2.38. The first-order chi connectivity index (χ1) is 13.4. The van der Waals surface area contributed by atoms with Gasteiger partial charge in [-0.3, -0.25) is 0 Å². The number of alkyl halides is 3. The summed E-state index contributed by atoms with van der Waals surface area (Å²) in [5.41, 5.74) is 1.15. The van der Waals surface area contributed by atoms with E-state index in [2.05, 4.69) is 17.0 Å². The number of nitrogens with one attached hydrogen (secondary N) is 1. The molecule has 0 amide bonds. The minimum atomic E-state index is -4.62. The van der Waals surface area contributed by atoms with Crippen molar-refractivity contribution in [2.75, 3.05) is 6.54 Å². The Bertz CT molecular complexity index is 571. The molecule has 0 spiro atoms. The van der Waals surface area contributed by atoms with Crippen molar-refractivity contribution in [3.8, 4) is 5.75 Å². The van der Waals surface area contributed by atoms with Gasteiger partial charge in [0.05, 0.1) is 0 Å². The molecule has 1 aromatic carbocycles. The summed E-state index contributed by atoms with van der Waals surface area (Å²) >= 11 is 0. The number of hydrogen-bond donors (Lipinski definition) is 1. The number of benzene rings is 1. The summed E-state index contributed by atoms with van der Waals surface area (Å²) in [6.45, 7) is 3.39. The molecule has 28 heavy (non-hydrogen) atoms. The van der Waals surface area contributed by atoms with Crippen molar-refractivity contribution >= 4 is 0 Å². The van der Waals surface area contributed by atoms with Gasteiger partial charge in [0.2, 0.25) is 0 Å². The topological polar surface area (TPSA) is 21.3 Å². The molecule has 0 saturated heterocycles. The van der Waals surface area contributed by atoms with Crippen LogP contribution in [0.25, 0.3) is 0 Å². The maximum atomic E-state index is 12.3. The Morgan fingerprint density at radius 2 is 1.46 bits per heavy atom. The van der Waals surface area contributed by atoms with E-state index in [9.17, 15) is 13.2 Å². The third-order valence-corrected chi connectivity index (χ3v) is 6.76. The molecule has 3 rings (SSSR count). The Morgan fingerprint density at radius 1 is 0.893 bits per heavy atom. The van der Waals surface area contributed by atoms with E-state index in [1.54, 1.807) is 12.1 Å². The zero-order valence-electron chi connectivity index (χ0n) is 16.9. The molecule has 0 aromatic heterocycles. The highest BCUT2D eigenvalue weighted by atomic mass is 19.4. The first-order valence-corrected chi connectivity index (χ1v) is 11.0. The third-order valence-electron chi connectivity index (χ3n) is 6.76. The number of rotatable bonds is 7. The molecule has 158 valence electrons. The second-order valence-electron chi connectivity index (χ2n) is 8.65. The smallest absolute Gasteiger partial charge is 0.406 e. The molecule has 0 heterocycles.